The molecule has 0 atom stereocenters. The summed E-state index contributed by atoms with van der Waals surface area (Å²) in [5, 5.41) is 10.3. The average molecular weight is 194 g/mol. The van der Waals surface area contributed by atoms with Gasteiger partial charge in [0, 0.05) is 18.2 Å². The molecule has 1 rings (SSSR count). The van der Waals surface area contributed by atoms with Crippen LogP contribution in [-0.2, 0) is 11.2 Å². The van der Waals surface area contributed by atoms with E-state index in [0.717, 1.165) is 18.4 Å². The van der Waals surface area contributed by atoms with Crippen LogP contribution in [0.3, 0.4) is 0 Å². The van der Waals surface area contributed by atoms with Crippen molar-refractivity contribution in [2.75, 3.05) is 0 Å². The summed E-state index contributed by atoms with van der Waals surface area (Å²) in [6.07, 6.45) is 3.99. The highest BCUT2D eigenvalue weighted by molar-refractivity contribution is 5.49. The molecule has 5 heteroatoms. The molecule has 0 amide bonds. The molecule has 14 heavy (non-hydrogen) atoms. The second-order valence-corrected chi connectivity index (χ2v) is 2.82. The number of aromatic nitrogens is 1. The molecule has 0 unspecified atom stereocenters. The monoisotopic (exact) mass is 194 g/mol. The molecule has 1 aromatic heterocycles. The van der Waals surface area contributed by atoms with Crippen LogP contribution in [0.1, 0.15) is 18.5 Å². The summed E-state index contributed by atoms with van der Waals surface area (Å²) in [6.45, 7) is 0. The smallest absolute Gasteiger partial charge is 0.287 e. The molecule has 0 spiro atoms. The van der Waals surface area contributed by atoms with Crippen LogP contribution in [-0.4, -0.2) is 16.2 Å². The minimum Gasteiger partial charge on any atom is -0.303 e. The molecule has 0 saturated heterocycles. The standard InChI is InChI=1S/C9H10N2O3/c12-6-2-1-3-8-4-5-9(7-10-8)11(13)14/h4-7H,1-3H2. The number of unbranched alkanes of at least 4 members (excludes halogenated alkanes) is 1. The predicted molar refractivity (Wildman–Crippen MR) is 49.9 cm³/mol. The first-order valence-corrected chi connectivity index (χ1v) is 4.27. The van der Waals surface area contributed by atoms with Crippen molar-refractivity contribution in [1.29, 1.82) is 0 Å². The van der Waals surface area contributed by atoms with E-state index in [4.69, 9.17) is 0 Å². The van der Waals surface area contributed by atoms with Crippen LogP contribution in [0.4, 0.5) is 5.69 Å². The zero-order valence-electron chi connectivity index (χ0n) is 7.55. The molecule has 0 aliphatic carbocycles. The number of aryl methyl sites for hydroxylation is 1. The normalized spacial score (nSPS) is 9.71. The van der Waals surface area contributed by atoms with Gasteiger partial charge in [-0.1, -0.05) is 0 Å². The summed E-state index contributed by atoms with van der Waals surface area (Å²) in [6, 6.07) is 3.03. The summed E-state index contributed by atoms with van der Waals surface area (Å²) < 4.78 is 0. The van der Waals surface area contributed by atoms with Gasteiger partial charge in [0.1, 0.15) is 12.5 Å². The highest BCUT2D eigenvalue weighted by Crippen LogP contribution is 2.10. The molecule has 74 valence electrons. The number of hydrogen-bond acceptors (Lipinski definition) is 4. The van der Waals surface area contributed by atoms with E-state index in [9.17, 15) is 14.9 Å². The van der Waals surface area contributed by atoms with Crippen LogP contribution in [0.25, 0.3) is 0 Å². The number of aldehydes is 1. The lowest BCUT2D eigenvalue weighted by Gasteiger charge is -1.96. The summed E-state index contributed by atoms with van der Waals surface area (Å²) in [5.74, 6) is 0. The molecular formula is C9H10N2O3. The lowest BCUT2D eigenvalue weighted by molar-refractivity contribution is -0.385. The van der Waals surface area contributed by atoms with E-state index in [1.54, 1.807) is 6.07 Å². The van der Waals surface area contributed by atoms with Crippen molar-refractivity contribution in [3.8, 4) is 0 Å². The van der Waals surface area contributed by atoms with Crippen LogP contribution >= 0.6 is 0 Å². The van der Waals surface area contributed by atoms with Crippen molar-refractivity contribution >= 4 is 12.0 Å². The Balaban J connectivity index is 2.55. The number of rotatable bonds is 5. The second-order valence-electron chi connectivity index (χ2n) is 2.82. The fourth-order valence-corrected chi connectivity index (χ4v) is 1.04. The lowest BCUT2D eigenvalue weighted by atomic mass is 10.2. The number of hydrogen-bond donors (Lipinski definition) is 0. The molecule has 0 aliphatic heterocycles. The Morgan fingerprint density at radius 2 is 2.29 bits per heavy atom. The van der Waals surface area contributed by atoms with E-state index in [2.05, 4.69) is 4.98 Å². The van der Waals surface area contributed by atoms with Crippen LogP contribution in [0.15, 0.2) is 18.3 Å². The Hall–Kier alpha value is -1.78. The van der Waals surface area contributed by atoms with Crippen LogP contribution in [0, 0.1) is 10.1 Å². The molecule has 0 bridgehead atoms. The Bertz CT molecular complexity index is 321. The molecule has 5 nitrogen and oxygen atoms in total. The number of carbonyl (C=O) groups is 1. The number of pyridine rings is 1. The van der Waals surface area contributed by atoms with Crippen molar-refractivity contribution < 1.29 is 9.72 Å². The van der Waals surface area contributed by atoms with Crippen LogP contribution in [0.2, 0.25) is 0 Å². The van der Waals surface area contributed by atoms with E-state index < -0.39 is 4.92 Å². The number of nitrogens with zero attached hydrogens (tertiary/aromatic N) is 2. The second kappa shape index (κ2) is 5.06. The summed E-state index contributed by atoms with van der Waals surface area (Å²) in [7, 11) is 0. The van der Waals surface area contributed by atoms with Gasteiger partial charge in [0.05, 0.1) is 4.92 Å². The van der Waals surface area contributed by atoms with Gasteiger partial charge < -0.3 is 4.79 Å². The SMILES string of the molecule is O=CCCCc1ccc([N+](=O)[O-])cn1. The first-order valence-electron chi connectivity index (χ1n) is 4.27. The topological polar surface area (TPSA) is 73.1 Å². The van der Waals surface area contributed by atoms with E-state index in [-0.39, 0.29) is 5.69 Å². The first kappa shape index (κ1) is 10.3. The number of carbonyl (C=O) groups excluding carboxylic acids is 1. The highest BCUT2D eigenvalue weighted by Gasteiger charge is 2.04. The van der Waals surface area contributed by atoms with E-state index in [1.165, 1.54) is 12.3 Å². The summed E-state index contributed by atoms with van der Waals surface area (Å²) in [4.78, 5) is 23.8. The quantitative estimate of drug-likeness (QED) is 0.308. The Morgan fingerprint density at radius 3 is 2.79 bits per heavy atom. The van der Waals surface area contributed by atoms with Gasteiger partial charge in [0.25, 0.3) is 5.69 Å². The number of nitro groups is 1. The third kappa shape index (κ3) is 2.93. The third-order valence-electron chi connectivity index (χ3n) is 1.77. The Morgan fingerprint density at radius 1 is 1.50 bits per heavy atom. The third-order valence-corrected chi connectivity index (χ3v) is 1.77. The maximum Gasteiger partial charge on any atom is 0.287 e. The maximum absolute atomic E-state index is 10.3. The zero-order valence-corrected chi connectivity index (χ0v) is 7.55. The maximum atomic E-state index is 10.3. The van der Waals surface area contributed by atoms with Gasteiger partial charge in [-0.25, -0.2) is 0 Å². The van der Waals surface area contributed by atoms with Crippen molar-refractivity contribution in [3.63, 3.8) is 0 Å². The fraction of sp³-hybridized carbons (Fsp3) is 0.333. The van der Waals surface area contributed by atoms with Gasteiger partial charge in [-0.3, -0.25) is 15.1 Å². The van der Waals surface area contributed by atoms with Gasteiger partial charge in [0.2, 0.25) is 0 Å². The first-order chi connectivity index (χ1) is 6.74. The van der Waals surface area contributed by atoms with Crippen molar-refractivity contribution in [2.24, 2.45) is 0 Å². The Labute approximate surface area is 80.9 Å². The molecule has 0 radical (unpaired) electrons. The van der Waals surface area contributed by atoms with E-state index in [1.807, 2.05) is 0 Å². The molecule has 0 fully saturated rings. The molecule has 1 aromatic rings. The van der Waals surface area contributed by atoms with Crippen LogP contribution in [0.5, 0.6) is 0 Å². The summed E-state index contributed by atoms with van der Waals surface area (Å²) >= 11 is 0. The minimum absolute atomic E-state index is 0.0101. The fourth-order valence-electron chi connectivity index (χ4n) is 1.04. The van der Waals surface area contributed by atoms with Gasteiger partial charge in [-0.05, 0) is 18.9 Å². The van der Waals surface area contributed by atoms with E-state index >= 15 is 0 Å². The molecule has 0 N–H and O–H groups in total. The molecule has 0 saturated carbocycles. The predicted octanol–water partition coefficient (Wildman–Crippen LogP) is 1.51. The Kier molecular flexibility index (Phi) is 3.72. The average Bonchev–Trinajstić information content (AvgIpc) is 2.19. The molecule has 0 aromatic carbocycles. The highest BCUT2D eigenvalue weighted by atomic mass is 16.6. The van der Waals surface area contributed by atoms with Gasteiger partial charge in [-0.15, -0.1) is 0 Å². The molecule has 1 heterocycles. The summed E-state index contributed by atoms with van der Waals surface area (Å²) in [5.41, 5.74) is 0.765. The van der Waals surface area contributed by atoms with Crippen LogP contribution < -0.4 is 0 Å². The lowest BCUT2D eigenvalue weighted by Crippen LogP contribution is -1.93. The van der Waals surface area contributed by atoms with Gasteiger partial charge in [-0.2, -0.15) is 0 Å². The molecule has 0 aliphatic rings. The largest absolute Gasteiger partial charge is 0.303 e. The minimum atomic E-state index is -0.484. The van der Waals surface area contributed by atoms with Crippen molar-refractivity contribution in [2.45, 2.75) is 19.3 Å². The van der Waals surface area contributed by atoms with Crippen molar-refractivity contribution in [1.82, 2.24) is 4.98 Å². The molecular weight excluding hydrogens is 184 g/mol. The van der Waals surface area contributed by atoms with E-state index in [0.29, 0.717) is 12.8 Å². The van der Waals surface area contributed by atoms with Gasteiger partial charge in [0.15, 0.2) is 0 Å². The van der Waals surface area contributed by atoms with Gasteiger partial charge >= 0.3 is 0 Å². The zero-order chi connectivity index (χ0) is 10.4. The van der Waals surface area contributed by atoms with Crippen molar-refractivity contribution in [3.05, 3.63) is 34.1 Å².